The van der Waals surface area contributed by atoms with Gasteiger partial charge < -0.3 is 5.32 Å². The van der Waals surface area contributed by atoms with E-state index in [1.807, 2.05) is 17.5 Å². The van der Waals surface area contributed by atoms with Crippen molar-refractivity contribution in [1.82, 2.24) is 10.0 Å². The number of sulfonamides is 1. The van der Waals surface area contributed by atoms with Crippen LogP contribution in [0.25, 0.3) is 0 Å². The molecule has 0 aliphatic heterocycles. The molecular weight excluding hydrogens is 296 g/mol. The number of hydrogen-bond donors (Lipinski definition) is 2. The fraction of sp³-hybridized carbons (Fsp3) is 0.154. The van der Waals surface area contributed by atoms with Crippen molar-refractivity contribution >= 4 is 27.3 Å². The molecule has 0 aliphatic carbocycles. The van der Waals surface area contributed by atoms with E-state index in [9.17, 15) is 13.2 Å². The fourth-order valence-corrected chi connectivity index (χ4v) is 2.96. The van der Waals surface area contributed by atoms with E-state index >= 15 is 0 Å². The van der Waals surface area contributed by atoms with Crippen LogP contribution in [0.15, 0.2) is 46.7 Å². The highest BCUT2D eigenvalue weighted by molar-refractivity contribution is 7.89. The first kappa shape index (κ1) is 14.7. The molecular formula is C13H14N2O3S2. The summed E-state index contributed by atoms with van der Waals surface area (Å²) in [6.45, 7) is 0.465. The van der Waals surface area contributed by atoms with Crippen molar-refractivity contribution in [3.05, 3.63) is 52.2 Å². The van der Waals surface area contributed by atoms with Crippen molar-refractivity contribution in [3.63, 3.8) is 0 Å². The maximum Gasteiger partial charge on any atom is 0.251 e. The zero-order valence-corrected chi connectivity index (χ0v) is 12.4. The van der Waals surface area contributed by atoms with Crippen molar-refractivity contribution in [2.45, 2.75) is 11.4 Å². The number of rotatable bonds is 5. The second-order valence-electron chi connectivity index (χ2n) is 3.99. The van der Waals surface area contributed by atoms with Gasteiger partial charge in [-0.1, -0.05) is 6.07 Å². The van der Waals surface area contributed by atoms with Gasteiger partial charge in [0.1, 0.15) is 0 Å². The van der Waals surface area contributed by atoms with Gasteiger partial charge in [0.25, 0.3) is 5.91 Å². The van der Waals surface area contributed by atoms with E-state index in [4.69, 9.17) is 0 Å². The summed E-state index contributed by atoms with van der Waals surface area (Å²) in [5, 5.41) is 4.72. The Morgan fingerprint density at radius 3 is 2.45 bits per heavy atom. The summed E-state index contributed by atoms with van der Waals surface area (Å²) >= 11 is 1.57. The maximum atomic E-state index is 11.9. The highest BCUT2D eigenvalue weighted by Crippen LogP contribution is 2.11. The van der Waals surface area contributed by atoms with Gasteiger partial charge in [0.15, 0.2) is 0 Å². The number of hydrogen-bond acceptors (Lipinski definition) is 4. The van der Waals surface area contributed by atoms with Gasteiger partial charge in [-0.15, -0.1) is 11.3 Å². The van der Waals surface area contributed by atoms with E-state index in [1.54, 1.807) is 11.3 Å². The van der Waals surface area contributed by atoms with E-state index in [0.29, 0.717) is 12.1 Å². The van der Waals surface area contributed by atoms with Crippen LogP contribution < -0.4 is 10.0 Å². The molecule has 1 amide bonds. The van der Waals surface area contributed by atoms with Crippen molar-refractivity contribution in [2.75, 3.05) is 7.05 Å². The molecule has 0 aliphatic rings. The summed E-state index contributed by atoms with van der Waals surface area (Å²) in [4.78, 5) is 13.1. The molecule has 0 saturated heterocycles. The average Bonchev–Trinajstić information content (AvgIpc) is 2.98. The highest BCUT2D eigenvalue weighted by Gasteiger charge is 2.12. The van der Waals surface area contributed by atoms with Crippen molar-refractivity contribution in [2.24, 2.45) is 0 Å². The molecule has 0 saturated carbocycles. The minimum atomic E-state index is -3.47. The number of benzene rings is 1. The monoisotopic (exact) mass is 310 g/mol. The third-order valence-corrected chi connectivity index (χ3v) is 5.01. The molecule has 5 nitrogen and oxygen atoms in total. The Hall–Kier alpha value is -1.70. The summed E-state index contributed by atoms with van der Waals surface area (Å²) in [6, 6.07) is 9.66. The van der Waals surface area contributed by atoms with Crippen LogP contribution in [0, 0.1) is 0 Å². The summed E-state index contributed by atoms with van der Waals surface area (Å²) in [5.41, 5.74) is 0.427. The molecule has 0 fully saturated rings. The molecule has 20 heavy (non-hydrogen) atoms. The molecule has 1 aromatic heterocycles. The number of thiophene rings is 1. The molecule has 2 aromatic rings. The molecule has 1 heterocycles. The molecule has 0 unspecified atom stereocenters. The van der Waals surface area contributed by atoms with Crippen LogP contribution in [0.4, 0.5) is 0 Å². The standard InChI is InChI=1S/C13H14N2O3S2/c1-14-20(17,18)12-6-4-10(5-7-12)13(16)15-9-11-3-2-8-19-11/h2-8,14H,9H2,1H3,(H,15,16). The summed E-state index contributed by atoms with van der Waals surface area (Å²) in [5.74, 6) is -0.230. The quantitative estimate of drug-likeness (QED) is 0.880. The molecule has 106 valence electrons. The van der Waals surface area contributed by atoms with Crippen LogP contribution >= 0.6 is 11.3 Å². The van der Waals surface area contributed by atoms with Crippen molar-refractivity contribution < 1.29 is 13.2 Å². The van der Waals surface area contributed by atoms with Crippen LogP contribution in [0.3, 0.4) is 0 Å². The Morgan fingerprint density at radius 2 is 1.90 bits per heavy atom. The lowest BCUT2D eigenvalue weighted by atomic mass is 10.2. The Morgan fingerprint density at radius 1 is 1.20 bits per heavy atom. The highest BCUT2D eigenvalue weighted by atomic mass is 32.2. The Balaban J connectivity index is 2.04. The number of amides is 1. The van der Waals surface area contributed by atoms with Gasteiger partial charge in [-0.25, -0.2) is 13.1 Å². The molecule has 1 aromatic carbocycles. The number of carbonyl (C=O) groups excluding carboxylic acids is 1. The van der Waals surface area contributed by atoms with Gasteiger partial charge in [0.2, 0.25) is 10.0 Å². The van der Waals surface area contributed by atoms with E-state index < -0.39 is 10.0 Å². The molecule has 0 atom stereocenters. The summed E-state index contributed by atoms with van der Waals surface area (Å²) < 4.78 is 25.3. The Labute approximate surface area is 121 Å². The van der Waals surface area contributed by atoms with Gasteiger partial charge in [-0.2, -0.15) is 0 Å². The lowest BCUT2D eigenvalue weighted by Gasteiger charge is -2.05. The van der Waals surface area contributed by atoms with E-state index in [2.05, 4.69) is 10.0 Å². The average molecular weight is 310 g/mol. The molecule has 0 spiro atoms. The predicted molar refractivity (Wildman–Crippen MR) is 78.2 cm³/mol. The molecule has 0 radical (unpaired) electrons. The van der Waals surface area contributed by atoms with Crippen LogP contribution in [-0.2, 0) is 16.6 Å². The first-order valence-corrected chi connectivity index (χ1v) is 8.23. The maximum absolute atomic E-state index is 11.9. The van der Waals surface area contributed by atoms with E-state index in [-0.39, 0.29) is 10.8 Å². The normalized spacial score (nSPS) is 11.2. The minimum Gasteiger partial charge on any atom is -0.347 e. The topological polar surface area (TPSA) is 75.3 Å². The molecule has 2 rings (SSSR count). The van der Waals surface area contributed by atoms with Gasteiger partial charge in [0, 0.05) is 10.4 Å². The molecule has 2 N–H and O–H groups in total. The van der Waals surface area contributed by atoms with Crippen LogP contribution in [-0.4, -0.2) is 21.4 Å². The van der Waals surface area contributed by atoms with Gasteiger partial charge in [-0.05, 0) is 42.8 Å². The largest absolute Gasteiger partial charge is 0.347 e. The molecule has 0 bridgehead atoms. The van der Waals surface area contributed by atoms with Crippen molar-refractivity contribution in [1.29, 1.82) is 0 Å². The fourth-order valence-electron chi connectivity index (χ4n) is 1.59. The lowest BCUT2D eigenvalue weighted by Crippen LogP contribution is -2.23. The van der Waals surface area contributed by atoms with E-state index in [0.717, 1.165) is 4.88 Å². The van der Waals surface area contributed by atoms with Gasteiger partial charge >= 0.3 is 0 Å². The SMILES string of the molecule is CNS(=O)(=O)c1ccc(C(=O)NCc2cccs2)cc1. The van der Waals surface area contributed by atoms with Crippen LogP contribution in [0.2, 0.25) is 0 Å². The second-order valence-corrected chi connectivity index (χ2v) is 6.91. The second kappa shape index (κ2) is 6.17. The predicted octanol–water partition coefficient (Wildman–Crippen LogP) is 1.59. The van der Waals surface area contributed by atoms with E-state index in [1.165, 1.54) is 31.3 Å². The first-order chi connectivity index (χ1) is 9.53. The summed E-state index contributed by atoms with van der Waals surface area (Å²) in [6.07, 6.45) is 0. The number of nitrogens with one attached hydrogen (secondary N) is 2. The van der Waals surface area contributed by atoms with Crippen LogP contribution in [0.5, 0.6) is 0 Å². The third-order valence-electron chi connectivity index (χ3n) is 2.70. The Kier molecular flexibility index (Phi) is 4.53. The minimum absolute atomic E-state index is 0.134. The first-order valence-electron chi connectivity index (χ1n) is 5.87. The zero-order valence-electron chi connectivity index (χ0n) is 10.8. The number of carbonyl (C=O) groups is 1. The summed E-state index contributed by atoms with van der Waals surface area (Å²) in [7, 11) is -2.12. The van der Waals surface area contributed by atoms with Crippen molar-refractivity contribution in [3.8, 4) is 0 Å². The Bertz CT molecular complexity index is 677. The zero-order chi connectivity index (χ0) is 14.6. The van der Waals surface area contributed by atoms with Crippen LogP contribution in [0.1, 0.15) is 15.2 Å². The third kappa shape index (κ3) is 3.44. The molecule has 7 heteroatoms. The van der Waals surface area contributed by atoms with Gasteiger partial charge in [-0.3, -0.25) is 4.79 Å². The smallest absolute Gasteiger partial charge is 0.251 e. The van der Waals surface area contributed by atoms with Gasteiger partial charge in [0.05, 0.1) is 11.4 Å². The lowest BCUT2D eigenvalue weighted by molar-refractivity contribution is 0.0951.